The number of hydrogen-bond donors (Lipinski definition) is 0. The molecule has 2 aromatic carbocycles. The smallest absolute Gasteiger partial charge is 0.134 e. The number of halogens is 1. The summed E-state index contributed by atoms with van der Waals surface area (Å²) in [5.41, 5.74) is 4.06. The Balaban J connectivity index is 2.01. The lowest BCUT2D eigenvalue weighted by Crippen LogP contribution is -2.00. The Morgan fingerprint density at radius 1 is 1.14 bits per heavy atom. The van der Waals surface area contributed by atoms with Gasteiger partial charge in [-0.05, 0) is 42.8 Å². The summed E-state index contributed by atoms with van der Waals surface area (Å²) in [4.78, 5) is 4.66. The molecule has 1 aromatic heterocycles. The molecule has 1 heterocycles. The van der Waals surface area contributed by atoms with Crippen LogP contribution in [-0.2, 0) is 6.54 Å². The first-order chi connectivity index (χ1) is 10.6. The van der Waals surface area contributed by atoms with Gasteiger partial charge in [0, 0.05) is 6.54 Å². The fourth-order valence-corrected chi connectivity index (χ4v) is 2.40. The normalized spacial score (nSPS) is 11.4. The number of rotatable bonds is 4. The van der Waals surface area contributed by atoms with Crippen molar-refractivity contribution >= 4 is 23.2 Å². The predicted molar refractivity (Wildman–Crippen MR) is 89.9 cm³/mol. The Kier molecular flexibility index (Phi) is 3.88. The summed E-state index contributed by atoms with van der Waals surface area (Å²) < 4.78 is 15.1. The molecule has 0 fully saturated rings. The number of nitrogens with zero attached hydrogens (tertiary/aromatic N) is 2. The molecule has 22 heavy (non-hydrogen) atoms. The molecule has 0 atom stereocenters. The van der Waals surface area contributed by atoms with Crippen molar-refractivity contribution in [3.8, 4) is 0 Å². The van der Waals surface area contributed by atoms with Gasteiger partial charge in [0.15, 0.2) is 0 Å². The van der Waals surface area contributed by atoms with Crippen LogP contribution < -0.4 is 0 Å². The first kappa shape index (κ1) is 14.3. The fourth-order valence-electron chi connectivity index (χ4n) is 2.40. The minimum atomic E-state index is -0.230. The molecule has 0 aliphatic heterocycles. The molecule has 0 saturated heterocycles. The Bertz CT molecular complexity index is 842. The zero-order valence-electron chi connectivity index (χ0n) is 12.5. The minimum Gasteiger partial charge on any atom is -0.320 e. The molecule has 0 amide bonds. The first-order valence-electron chi connectivity index (χ1n) is 7.17. The Morgan fingerprint density at radius 2 is 1.86 bits per heavy atom. The summed E-state index contributed by atoms with van der Waals surface area (Å²) in [5, 5.41) is 0. The van der Waals surface area contributed by atoms with E-state index in [-0.39, 0.29) is 5.82 Å². The van der Waals surface area contributed by atoms with E-state index in [9.17, 15) is 4.39 Å². The molecule has 3 heteroatoms. The van der Waals surface area contributed by atoms with Gasteiger partial charge in [0.2, 0.25) is 0 Å². The third-order valence-electron chi connectivity index (χ3n) is 3.41. The van der Waals surface area contributed by atoms with Gasteiger partial charge >= 0.3 is 0 Å². The van der Waals surface area contributed by atoms with Crippen molar-refractivity contribution in [3.05, 3.63) is 77.9 Å². The maximum absolute atomic E-state index is 12.9. The second-order valence-electron chi connectivity index (χ2n) is 5.39. The Labute approximate surface area is 129 Å². The molecule has 3 rings (SSSR count). The highest BCUT2D eigenvalue weighted by Gasteiger charge is 2.07. The predicted octanol–water partition coefficient (Wildman–Crippen LogP) is 4.92. The maximum Gasteiger partial charge on any atom is 0.134 e. The van der Waals surface area contributed by atoms with Gasteiger partial charge in [-0.15, -0.1) is 0 Å². The summed E-state index contributed by atoms with van der Waals surface area (Å²) >= 11 is 0. The Hall–Kier alpha value is -2.68. The van der Waals surface area contributed by atoms with Crippen LogP contribution in [-0.4, -0.2) is 9.55 Å². The van der Waals surface area contributed by atoms with Crippen molar-refractivity contribution in [2.45, 2.75) is 13.5 Å². The Morgan fingerprint density at radius 3 is 2.59 bits per heavy atom. The molecule has 0 radical (unpaired) electrons. The fraction of sp³-hybridized carbons (Fsp3) is 0.105. The van der Waals surface area contributed by atoms with Gasteiger partial charge in [0.25, 0.3) is 0 Å². The van der Waals surface area contributed by atoms with Crippen molar-refractivity contribution in [2.75, 3.05) is 0 Å². The highest BCUT2D eigenvalue weighted by atomic mass is 19.1. The van der Waals surface area contributed by atoms with Crippen molar-refractivity contribution < 1.29 is 4.39 Å². The molecule has 0 spiro atoms. The van der Waals surface area contributed by atoms with E-state index in [0.29, 0.717) is 0 Å². The van der Waals surface area contributed by atoms with Gasteiger partial charge in [-0.3, -0.25) is 0 Å². The van der Waals surface area contributed by atoms with E-state index >= 15 is 0 Å². The molecular weight excluding hydrogens is 275 g/mol. The number of imidazole rings is 1. The molecule has 0 aliphatic rings. The van der Waals surface area contributed by atoms with E-state index in [2.05, 4.69) is 22.2 Å². The first-order valence-corrected chi connectivity index (χ1v) is 7.17. The number of aromatic nitrogens is 2. The van der Waals surface area contributed by atoms with Gasteiger partial charge in [-0.25, -0.2) is 9.37 Å². The largest absolute Gasteiger partial charge is 0.320 e. The minimum absolute atomic E-state index is 0.230. The van der Waals surface area contributed by atoms with E-state index in [1.807, 2.05) is 37.3 Å². The van der Waals surface area contributed by atoms with Crippen LogP contribution in [0, 0.1) is 5.82 Å². The molecule has 2 nitrogen and oxygen atoms in total. The highest BCUT2D eigenvalue weighted by molar-refractivity contribution is 5.80. The van der Waals surface area contributed by atoms with E-state index < -0.39 is 0 Å². The van der Waals surface area contributed by atoms with Crippen LogP contribution in [0.4, 0.5) is 4.39 Å². The third-order valence-corrected chi connectivity index (χ3v) is 3.41. The number of para-hydroxylation sites is 2. The lowest BCUT2D eigenvalue weighted by Gasteiger charge is -2.06. The van der Waals surface area contributed by atoms with E-state index in [1.54, 1.807) is 12.1 Å². The van der Waals surface area contributed by atoms with Gasteiger partial charge in [-0.1, -0.05) is 42.5 Å². The van der Waals surface area contributed by atoms with Gasteiger partial charge in [0.05, 0.1) is 11.0 Å². The van der Waals surface area contributed by atoms with Crippen molar-refractivity contribution in [3.63, 3.8) is 0 Å². The molecule has 3 aromatic rings. The quantitative estimate of drug-likeness (QED) is 0.624. The second-order valence-corrected chi connectivity index (χ2v) is 5.39. The maximum atomic E-state index is 12.9. The summed E-state index contributed by atoms with van der Waals surface area (Å²) in [6, 6.07) is 14.4. The molecule has 0 unspecified atom stereocenters. The van der Waals surface area contributed by atoms with Crippen LogP contribution >= 0.6 is 0 Å². The van der Waals surface area contributed by atoms with Crippen LogP contribution in [0.3, 0.4) is 0 Å². The van der Waals surface area contributed by atoms with Crippen LogP contribution in [0.2, 0.25) is 0 Å². The summed E-state index contributed by atoms with van der Waals surface area (Å²) in [6.07, 6.45) is 3.89. The monoisotopic (exact) mass is 292 g/mol. The molecule has 0 bridgehead atoms. The lowest BCUT2D eigenvalue weighted by molar-refractivity contribution is 0.628. The van der Waals surface area contributed by atoms with E-state index in [4.69, 9.17) is 0 Å². The number of hydrogen-bond acceptors (Lipinski definition) is 1. The van der Waals surface area contributed by atoms with Gasteiger partial charge in [0.1, 0.15) is 11.6 Å². The molecule has 0 saturated carbocycles. The molecule has 110 valence electrons. The zero-order valence-corrected chi connectivity index (χ0v) is 12.5. The van der Waals surface area contributed by atoms with E-state index in [1.165, 1.54) is 12.1 Å². The lowest BCUT2D eigenvalue weighted by atomic mass is 10.2. The standard InChI is InChI=1S/C19H17FN2/c1-14(2)13-22-18-6-4-3-5-17(18)21-19(22)12-9-15-7-10-16(20)11-8-15/h3-12H,1,13H2,2H3. The topological polar surface area (TPSA) is 17.8 Å². The number of allylic oxidation sites excluding steroid dienone is 1. The third kappa shape index (κ3) is 2.98. The van der Waals surface area contributed by atoms with Crippen LogP contribution in [0.25, 0.3) is 23.2 Å². The van der Waals surface area contributed by atoms with Crippen molar-refractivity contribution in [2.24, 2.45) is 0 Å². The summed E-state index contributed by atoms with van der Waals surface area (Å²) in [7, 11) is 0. The number of benzene rings is 2. The molecule has 0 aliphatic carbocycles. The van der Waals surface area contributed by atoms with Crippen LogP contribution in [0.15, 0.2) is 60.7 Å². The summed E-state index contributed by atoms with van der Waals surface area (Å²) in [5.74, 6) is 0.639. The summed E-state index contributed by atoms with van der Waals surface area (Å²) in [6.45, 7) is 6.72. The van der Waals surface area contributed by atoms with E-state index in [0.717, 1.165) is 34.5 Å². The average molecular weight is 292 g/mol. The van der Waals surface area contributed by atoms with Crippen LogP contribution in [0.1, 0.15) is 18.3 Å². The van der Waals surface area contributed by atoms with Crippen molar-refractivity contribution in [1.82, 2.24) is 9.55 Å². The zero-order chi connectivity index (χ0) is 15.5. The molecule has 0 N–H and O–H groups in total. The van der Waals surface area contributed by atoms with Gasteiger partial charge in [-0.2, -0.15) is 0 Å². The molecular formula is C19H17FN2. The number of fused-ring (bicyclic) bond motifs is 1. The van der Waals surface area contributed by atoms with Gasteiger partial charge < -0.3 is 4.57 Å². The van der Waals surface area contributed by atoms with Crippen molar-refractivity contribution in [1.29, 1.82) is 0 Å². The van der Waals surface area contributed by atoms with Crippen LogP contribution in [0.5, 0.6) is 0 Å². The average Bonchev–Trinajstić information content (AvgIpc) is 2.84. The second kappa shape index (κ2) is 5.98. The highest BCUT2D eigenvalue weighted by Crippen LogP contribution is 2.19. The SMILES string of the molecule is C=C(C)Cn1c(C=Cc2ccc(F)cc2)nc2ccccc21.